The minimum absolute atomic E-state index is 0.235. The van der Waals surface area contributed by atoms with E-state index in [0.29, 0.717) is 11.3 Å². The molecule has 1 N–H and O–H groups in total. The van der Waals surface area contributed by atoms with Crippen LogP contribution in [0.1, 0.15) is 11.7 Å². The molecule has 2 rings (SSSR count). The zero-order chi connectivity index (χ0) is 7.84. The monoisotopic (exact) mass is 154 g/mol. The van der Waals surface area contributed by atoms with Gasteiger partial charge in [-0.2, -0.15) is 0 Å². The van der Waals surface area contributed by atoms with Crippen molar-refractivity contribution in [3.8, 4) is 5.75 Å². The van der Waals surface area contributed by atoms with Gasteiger partial charge in [0.05, 0.1) is 0 Å². The topological polar surface area (TPSA) is 29.5 Å². The van der Waals surface area contributed by atoms with Crippen LogP contribution in [0.2, 0.25) is 0 Å². The number of benzene rings is 1. The molecule has 0 bridgehead atoms. The Morgan fingerprint density at radius 2 is 2.36 bits per heavy atom. The first kappa shape index (κ1) is 6.61. The van der Waals surface area contributed by atoms with Crippen LogP contribution in [0.25, 0.3) is 0 Å². The maximum absolute atomic E-state index is 12.6. The van der Waals surface area contributed by atoms with E-state index in [0.717, 1.165) is 0 Å². The second-order valence-electron chi connectivity index (χ2n) is 2.51. The molecule has 1 aliphatic heterocycles. The van der Waals surface area contributed by atoms with E-state index >= 15 is 0 Å². The molecule has 11 heavy (non-hydrogen) atoms. The molecule has 1 heterocycles. The van der Waals surface area contributed by atoms with Crippen molar-refractivity contribution in [3.05, 3.63) is 29.6 Å². The predicted molar refractivity (Wildman–Crippen MR) is 36.9 cm³/mol. The van der Waals surface area contributed by atoms with Gasteiger partial charge in [-0.1, -0.05) is 0 Å². The van der Waals surface area contributed by atoms with E-state index in [-0.39, 0.29) is 12.4 Å². The molecule has 0 radical (unpaired) electrons. The van der Waals surface area contributed by atoms with Crippen LogP contribution in [-0.4, -0.2) is 11.7 Å². The van der Waals surface area contributed by atoms with E-state index in [1.54, 1.807) is 0 Å². The van der Waals surface area contributed by atoms with Crippen LogP contribution >= 0.6 is 0 Å². The third-order valence-electron chi connectivity index (χ3n) is 1.73. The van der Waals surface area contributed by atoms with Crippen LogP contribution in [0.5, 0.6) is 5.75 Å². The molecule has 1 aliphatic rings. The second-order valence-corrected chi connectivity index (χ2v) is 2.51. The molecular formula is C8H7FO2. The van der Waals surface area contributed by atoms with E-state index in [1.165, 1.54) is 18.2 Å². The number of halogens is 1. The van der Waals surface area contributed by atoms with Crippen molar-refractivity contribution in [3.63, 3.8) is 0 Å². The predicted octanol–water partition coefficient (Wildman–Crippen LogP) is 1.25. The Labute approximate surface area is 63.2 Å². The molecular weight excluding hydrogens is 147 g/mol. The fourth-order valence-electron chi connectivity index (χ4n) is 1.17. The van der Waals surface area contributed by atoms with Crippen molar-refractivity contribution in [1.82, 2.24) is 0 Å². The Hall–Kier alpha value is -1.09. The third kappa shape index (κ3) is 0.973. The maximum Gasteiger partial charge on any atom is 0.125 e. The summed E-state index contributed by atoms with van der Waals surface area (Å²) < 4.78 is 17.6. The van der Waals surface area contributed by atoms with Crippen molar-refractivity contribution < 1.29 is 14.2 Å². The standard InChI is InChI=1S/C8H7FO2/c9-5-1-2-8-6(3-5)7(10)4-11-8/h1-3,7,10H,4H2/t7-/m1/s1. The van der Waals surface area contributed by atoms with Crippen molar-refractivity contribution >= 4 is 0 Å². The summed E-state index contributed by atoms with van der Waals surface area (Å²) in [6.07, 6.45) is -0.666. The van der Waals surface area contributed by atoms with Gasteiger partial charge in [0.1, 0.15) is 24.3 Å². The molecule has 0 saturated carbocycles. The number of aliphatic hydroxyl groups excluding tert-OH is 1. The smallest absolute Gasteiger partial charge is 0.125 e. The number of hydrogen-bond donors (Lipinski definition) is 1. The Balaban J connectivity index is 2.52. The van der Waals surface area contributed by atoms with Crippen LogP contribution in [-0.2, 0) is 0 Å². The lowest BCUT2D eigenvalue weighted by Gasteiger charge is -1.97. The van der Waals surface area contributed by atoms with Gasteiger partial charge in [0, 0.05) is 5.56 Å². The fraction of sp³-hybridized carbons (Fsp3) is 0.250. The second kappa shape index (κ2) is 2.20. The first-order valence-electron chi connectivity index (χ1n) is 3.37. The average Bonchev–Trinajstić information content (AvgIpc) is 2.33. The van der Waals surface area contributed by atoms with Crippen LogP contribution in [0.3, 0.4) is 0 Å². The fourth-order valence-corrected chi connectivity index (χ4v) is 1.17. The minimum atomic E-state index is -0.666. The molecule has 1 aromatic carbocycles. The summed E-state index contributed by atoms with van der Waals surface area (Å²) in [6, 6.07) is 4.14. The van der Waals surface area contributed by atoms with E-state index in [1.807, 2.05) is 0 Å². The number of ether oxygens (including phenoxy) is 1. The highest BCUT2D eigenvalue weighted by molar-refractivity contribution is 5.38. The highest BCUT2D eigenvalue weighted by Crippen LogP contribution is 2.32. The van der Waals surface area contributed by atoms with Gasteiger partial charge in [0.25, 0.3) is 0 Å². The first-order chi connectivity index (χ1) is 5.27. The molecule has 2 nitrogen and oxygen atoms in total. The summed E-state index contributed by atoms with van der Waals surface area (Å²) in [5, 5.41) is 9.21. The van der Waals surface area contributed by atoms with Crippen LogP contribution < -0.4 is 4.74 Å². The average molecular weight is 154 g/mol. The van der Waals surface area contributed by atoms with Gasteiger partial charge in [-0.25, -0.2) is 4.39 Å². The summed E-state index contributed by atoms with van der Waals surface area (Å²) in [4.78, 5) is 0. The highest BCUT2D eigenvalue weighted by Gasteiger charge is 2.21. The lowest BCUT2D eigenvalue weighted by molar-refractivity contribution is 0.140. The SMILES string of the molecule is O[C@@H]1COc2ccc(F)cc21. The summed E-state index contributed by atoms with van der Waals surface area (Å²) >= 11 is 0. The lowest BCUT2D eigenvalue weighted by Crippen LogP contribution is -1.97. The number of hydrogen-bond acceptors (Lipinski definition) is 2. The molecule has 3 heteroatoms. The van der Waals surface area contributed by atoms with Crippen molar-refractivity contribution in [1.29, 1.82) is 0 Å². The Morgan fingerprint density at radius 1 is 1.55 bits per heavy atom. The van der Waals surface area contributed by atoms with Gasteiger partial charge in [-0.3, -0.25) is 0 Å². The van der Waals surface area contributed by atoms with Crippen molar-refractivity contribution in [2.45, 2.75) is 6.10 Å². The van der Waals surface area contributed by atoms with E-state index in [2.05, 4.69) is 0 Å². The molecule has 0 fully saturated rings. The summed E-state index contributed by atoms with van der Waals surface area (Å²) in [6.45, 7) is 0.235. The Bertz CT molecular complexity index is 285. The normalized spacial score (nSPS) is 21.1. The summed E-state index contributed by atoms with van der Waals surface area (Å²) in [7, 11) is 0. The van der Waals surface area contributed by atoms with Crippen LogP contribution in [0.4, 0.5) is 4.39 Å². The molecule has 0 amide bonds. The number of aliphatic hydroxyl groups is 1. The van der Waals surface area contributed by atoms with Gasteiger partial charge in [0.2, 0.25) is 0 Å². The molecule has 0 aliphatic carbocycles. The Morgan fingerprint density at radius 3 is 3.18 bits per heavy atom. The third-order valence-corrected chi connectivity index (χ3v) is 1.73. The highest BCUT2D eigenvalue weighted by atomic mass is 19.1. The first-order valence-corrected chi connectivity index (χ1v) is 3.37. The summed E-state index contributed by atoms with van der Waals surface area (Å²) in [5.41, 5.74) is 0.546. The zero-order valence-electron chi connectivity index (χ0n) is 5.75. The van der Waals surface area contributed by atoms with Gasteiger partial charge in [0.15, 0.2) is 0 Å². The van der Waals surface area contributed by atoms with E-state index < -0.39 is 6.10 Å². The number of rotatable bonds is 0. The van der Waals surface area contributed by atoms with E-state index in [4.69, 9.17) is 4.74 Å². The van der Waals surface area contributed by atoms with Gasteiger partial charge in [-0.15, -0.1) is 0 Å². The molecule has 0 spiro atoms. The van der Waals surface area contributed by atoms with Crippen molar-refractivity contribution in [2.24, 2.45) is 0 Å². The summed E-state index contributed by atoms with van der Waals surface area (Å²) in [5.74, 6) is 0.243. The lowest BCUT2D eigenvalue weighted by atomic mass is 10.1. The Kier molecular flexibility index (Phi) is 1.32. The van der Waals surface area contributed by atoms with Crippen LogP contribution in [0, 0.1) is 5.82 Å². The van der Waals surface area contributed by atoms with Crippen molar-refractivity contribution in [2.75, 3.05) is 6.61 Å². The quantitative estimate of drug-likeness (QED) is 0.609. The van der Waals surface area contributed by atoms with E-state index in [9.17, 15) is 9.50 Å². The largest absolute Gasteiger partial charge is 0.490 e. The van der Waals surface area contributed by atoms with Gasteiger partial charge < -0.3 is 9.84 Å². The molecule has 0 unspecified atom stereocenters. The van der Waals surface area contributed by atoms with Gasteiger partial charge >= 0.3 is 0 Å². The molecule has 1 atom stereocenters. The van der Waals surface area contributed by atoms with Gasteiger partial charge in [-0.05, 0) is 18.2 Å². The van der Waals surface area contributed by atoms with Crippen LogP contribution in [0.15, 0.2) is 18.2 Å². The molecule has 0 aromatic heterocycles. The molecule has 0 saturated heterocycles. The number of fused-ring (bicyclic) bond motifs is 1. The molecule has 1 aromatic rings. The molecule has 58 valence electrons. The maximum atomic E-state index is 12.6. The minimum Gasteiger partial charge on any atom is -0.490 e. The zero-order valence-corrected chi connectivity index (χ0v) is 5.75.